The minimum absolute atomic E-state index is 0.442. The molecule has 1 saturated carbocycles. The van der Waals surface area contributed by atoms with Gasteiger partial charge in [-0.1, -0.05) is 12.1 Å². The molecular weight excluding hydrogens is 248 g/mol. The van der Waals surface area contributed by atoms with Crippen LogP contribution in [0.3, 0.4) is 0 Å². The fraction of sp³-hybridized carbons (Fsp3) is 0.583. The predicted octanol–water partition coefficient (Wildman–Crippen LogP) is 2.56. The molecule has 0 spiro atoms. The zero-order valence-electron chi connectivity index (χ0n) is 10.3. The van der Waals surface area contributed by atoms with Crippen LogP contribution in [0.15, 0.2) is 16.2 Å². The zero-order chi connectivity index (χ0) is 12.6. The maximum absolute atomic E-state index is 6.40. The standard InChI is InChI=1S/C12H16N4OS/c1-8-2-4-12(13,5-3-8)11-15-10(16-17-11)9-6-14-7-18-9/h6-8H,2-5,13H2,1H3. The number of aromatic nitrogens is 3. The topological polar surface area (TPSA) is 77.8 Å². The number of hydrogen-bond donors (Lipinski definition) is 1. The van der Waals surface area contributed by atoms with Gasteiger partial charge in [0.2, 0.25) is 11.7 Å². The third kappa shape index (κ3) is 2.06. The Hall–Kier alpha value is -1.27. The van der Waals surface area contributed by atoms with Gasteiger partial charge in [0.15, 0.2) is 0 Å². The summed E-state index contributed by atoms with van der Waals surface area (Å²) in [7, 11) is 0. The molecule has 5 nitrogen and oxygen atoms in total. The molecule has 0 atom stereocenters. The highest BCUT2D eigenvalue weighted by molar-refractivity contribution is 7.13. The molecule has 1 aliphatic rings. The lowest BCUT2D eigenvalue weighted by Gasteiger charge is -2.32. The molecule has 0 aliphatic heterocycles. The molecule has 0 unspecified atom stereocenters. The summed E-state index contributed by atoms with van der Waals surface area (Å²) < 4.78 is 5.36. The van der Waals surface area contributed by atoms with Gasteiger partial charge in [0.1, 0.15) is 0 Å². The molecule has 2 aromatic heterocycles. The predicted molar refractivity (Wildman–Crippen MR) is 68.9 cm³/mol. The maximum atomic E-state index is 6.40. The van der Waals surface area contributed by atoms with Gasteiger partial charge in [0.25, 0.3) is 0 Å². The highest BCUT2D eigenvalue weighted by Gasteiger charge is 2.37. The van der Waals surface area contributed by atoms with Crippen LogP contribution in [-0.4, -0.2) is 15.1 Å². The van der Waals surface area contributed by atoms with Crippen molar-refractivity contribution in [2.45, 2.75) is 38.1 Å². The van der Waals surface area contributed by atoms with Crippen LogP contribution in [0, 0.1) is 5.92 Å². The number of thiazole rings is 1. The Morgan fingerprint density at radius 1 is 1.44 bits per heavy atom. The molecule has 3 rings (SSSR count). The summed E-state index contributed by atoms with van der Waals surface area (Å²) in [5, 5.41) is 4.00. The third-order valence-corrected chi connectivity index (χ3v) is 4.44. The Kier molecular flexibility index (Phi) is 2.91. The molecule has 18 heavy (non-hydrogen) atoms. The summed E-state index contributed by atoms with van der Waals surface area (Å²) in [6.45, 7) is 2.26. The van der Waals surface area contributed by atoms with Gasteiger partial charge in [-0.15, -0.1) is 11.3 Å². The maximum Gasteiger partial charge on any atom is 0.247 e. The number of nitrogens with zero attached hydrogens (tertiary/aromatic N) is 3. The fourth-order valence-electron chi connectivity index (χ4n) is 2.34. The molecule has 0 bridgehead atoms. The van der Waals surface area contributed by atoms with E-state index in [-0.39, 0.29) is 0 Å². The van der Waals surface area contributed by atoms with Crippen LogP contribution in [0.5, 0.6) is 0 Å². The second-order valence-electron chi connectivity index (χ2n) is 5.13. The van der Waals surface area contributed by atoms with E-state index in [1.54, 1.807) is 11.7 Å². The van der Waals surface area contributed by atoms with Crippen molar-refractivity contribution in [2.24, 2.45) is 11.7 Å². The summed E-state index contributed by atoms with van der Waals surface area (Å²) in [6, 6.07) is 0. The van der Waals surface area contributed by atoms with E-state index in [1.165, 1.54) is 11.3 Å². The molecule has 0 amide bonds. The van der Waals surface area contributed by atoms with Gasteiger partial charge in [0, 0.05) is 6.20 Å². The number of nitrogens with two attached hydrogens (primary N) is 1. The SMILES string of the molecule is CC1CCC(N)(c2nc(-c3cncs3)no2)CC1. The second kappa shape index (κ2) is 4.44. The van der Waals surface area contributed by atoms with Gasteiger partial charge in [-0.3, -0.25) is 4.98 Å². The fourth-order valence-corrected chi connectivity index (χ4v) is 2.89. The molecule has 0 aromatic carbocycles. The molecule has 0 saturated heterocycles. The lowest BCUT2D eigenvalue weighted by molar-refractivity contribution is 0.191. The van der Waals surface area contributed by atoms with Crippen LogP contribution >= 0.6 is 11.3 Å². The molecule has 6 heteroatoms. The van der Waals surface area contributed by atoms with Crippen LogP contribution in [-0.2, 0) is 5.54 Å². The van der Waals surface area contributed by atoms with Crippen LogP contribution < -0.4 is 5.73 Å². The second-order valence-corrected chi connectivity index (χ2v) is 6.01. The van der Waals surface area contributed by atoms with E-state index in [4.69, 9.17) is 10.3 Å². The summed E-state index contributed by atoms with van der Waals surface area (Å²) >= 11 is 1.50. The normalized spacial score (nSPS) is 28.4. The van der Waals surface area contributed by atoms with Crippen molar-refractivity contribution in [3.8, 4) is 10.7 Å². The van der Waals surface area contributed by atoms with Gasteiger partial charge in [-0.05, 0) is 31.6 Å². The van der Waals surface area contributed by atoms with Crippen molar-refractivity contribution in [3.05, 3.63) is 17.6 Å². The highest BCUT2D eigenvalue weighted by Crippen LogP contribution is 2.37. The average Bonchev–Trinajstić information content (AvgIpc) is 3.01. The Bertz CT molecular complexity index is 514. The molecule has 2 N–H and O–H groups in total. The molecule has 1 aliphatic carbocycles. The van der Waals surface area contributed by atoms with Gasteiger partial charge >= 0.3 is 0 Å². The van der Waals surface area contributed by atoms with E-state index in [9.17, 15) is 0 Å². The first-order valence-corrected chi connectivity index (χ1v) is 7.07. The molecule has 0 radical (unpaired) electrons. The van der Waals surface area contributed by atoms with E-state index >= 15 is 0 Å². The summed E-state index contributed by atoms with van der Waals surface area (Å²) in [6.07, 6.45) is 5.81. The summed E-state index contributed by atoms with van der Waals surface area (Å²) in [4.78, 5) is 9.37. The molecule has 2 aromatic rings. The average molecular weight is 264 g/mol. The van der Waals surface area contributed by atoms with Gasteiger partial charge in [-0.25, -0.2) is 0 Å². The third-order valence-electron chi connectivity index (χ3n) is 3.67. The Balaban J connectivity index is 1.85. The van der Waals surface area contributed by atoms with Gasteiger partial charge in [0.05, 0.1) is 15.9 Å². The zero-order valence-corrected chi connectivity index (χ0v) is 11.1. The van der Waals surface area contributed by atoms with Crippen molar-refractivity contribution >= 4 is 11.3 Å². The lowest BCUT2D eigenvalue weighted by Crippen LogP contribution is -2.40. The quantitative estimate of drug-likeness (QED) is 0.901. The monoisotopic (exact) mass is 264 g/mol. The van der Waals surface area contributed by atoms with Crippen LogP contribution in [0.25, 0.3) is 10.7 Å². The van der Waals surface area contributed by atoms with Crippen molar-refractivity contribution in [3.63, 3.8) is 0 Å². The van der Waals surface area contributed by atoms with Crippen molar-refractivity contribution in [1.82, 2.24) is 15.1 Å². The highest BCUT2D eigenvalue weighted by atomic mass is 32.1. The van der Waals surface area contributed by atoms with Gasteiger partial charge in [-0.2, -0.15) is 4.98 Å². The Morgan fingerprint density at radius 3 is 2.89 bits per heavy atom. The van der Waals surface area contributed by atoms with E-state index < -0.39 is 5.54 Å². The van der Waals surface area contributed by atoms with E-state index in [2.05, 4.69) is 22.0 Å². The first-order valence-electron chi connectivity index (χ1n) is 6.19. The Morgan fingerprint density at radius 2 is 2.22 bits per heavy atom. The van der Waals surface area contributed by atoms with Crippen molar-refractivity contribution < 1.29 is 4.52 Å². The van der Waals surface area contributed by atoms with Crippen molar-refractivity contribution in [1.29, 1.82) is 0 Å². The number of hydrogen-bond acceptors (Lipinski definition) is 6. The number of rotatable bonds is 2. The molecule has 96 valence electrons. The largest absolute Gasteiger partial charge is 0.337 e. The molecule has 2 heterocycles. The molecule has 1 fully saturated rings. The lowest BCUT2D eigenvalue weighted by atomic mass is 9.78. The summed E-state index contributed by atoms with van der Waals surface area (Å²) in [5.74, 6) is 1.90. The summed E-state index contributed by atoms with van der Waals surface area (Å²) in [5.41, 5.74) is 7.71. The van der Waals surface area contributed by atoms with Crippen LogP contribution in [0.4, 0.5) is 0 Å². The van der Waals surface area contributed by atoms with Crippen molar-refractivity contribution in [2.75, 3.05) is 0 Å². The first kappa shape index (κ1) is 11.8. The van der Waals surface area contributed by atoms with E-state index in [0.717, 1.165) is 36.5 Å². The van der Waals surface area contributed by atoms with Crippen LogP contribution in [0.2, 0.25) is 0 Å². The minimum atomic E-state index is -0.442. The smallest absolute Gasteiger partial charge is 0.247 e. The Labute approximate surface area is 109 Å². The van der Waals surface area contributed by atoms with Crippen LogP contribution in [0.1, 0.15) is 38.5 Å². The minimum Gasteiger partial charge on any atom is -0.337 e. The first-order chi connectivity index (χ1) is 8.67. The molecular formula is C12H16N4OS. The van der Waals surface area contributed by atoms with Gasteiger partial charge < -0.3 is 10.3 Å². The van der Waals surface area contributed by atoms with E-state index in [1.807, 2.05) is 0 Å². The van der Waals surface area contributed by atoms with E-state index in [0.29, 0.717) is 11.7 Å².